The second-order valence-corrected chi connectivity index (χ2v) is 5.48. The van der Waals surface area contributed by atoms with Crippen molar-refractivity contribution >= 4 is 23.2 Å². The Bertz CT molecular complexity index is 750. The molecule has 0 heterocycles. The van der Waals surface area contributed by atoms with Crippen molar-refractivity contribution < 1.29 is 27.4 Å². The van der Waals surface area contributed by atoms with Crippen LogP contribution in [-0.2, 0) is 11.2 Å². The van der Waals surface area contributed by atoms with Crippen LogP contribution in [0.15, 0.2) is 42.5 Å². The fraction of sp³-hybridized carbons (Fsp3) is 0.235. The van der Waals surface area contributed by atoms with Crippen LogP contribution in [0.1, 0.15) is 12.0 Å². The van der Waals surface area contributed by atoms with Crippen LogP contribution in [0.2, 0.25) is 5.02 Å². The highest BCUT2D eigenvalue weighted by molar-refractivity contribution is 6.31. The van der Waals surface area contributed by atoms with Crippen molar-refractivity contribution in [3.63, 3.8) is 0 Å². The third-order valence-corrected chi connectivity index (χ3v) is 3.49. The normalized spacial score (nSPS) is 11.1. The van der Waals surface area contributed by atoms with Crippen LogP contribution in [0.5, 0.6) is 11.5 Å². The molecule has 0 aliphatic carbocycles. The molecule has 0 saturated carbocycles. The number of halogens is 4. The van der Waals surface area contributed by atoms with Gasteiger partial charge in [0.05, 0.1) is 12.8 Å². The van der Waals surface area contributed by atoms with Gasteiger partial charge in [-0.05, 0) is 36.2 Å². The number of nitrogens with one attached hydrogen (secondary N) is 1. The van der Waals surface area contributed by atoms with Gasteiger partial charge < -0.3 is 14.8 Å². The number of rotatable bonds is 6. The van der Waals surface area contributed by atoms with Gasteiger partial charge in [0, 0.05) is 11.4 Å². The molecule has 8 heteroatoms. The third-order valence-electron chi connectivity index (χ3n) is 3.26. The van der Waals surface area contributed by atoms with Crippen LogP contribution < -0.4 is 14.8 Å². The highest BCUT2D eigenvalue weighted by atomic mass is 35.5. The van der Waals surface area contributed by atoms with E-state index in [4.69, 9.17) is 16.3 Å². The SMILES string of the molecule is COc1ccc(Cl)cc1NC(=O)CCc1ccccc1OC(F)(F)F. The Kier molecular flexibility index (Phi) is 6.14. The molecule has 2 rings (SSSR count). The van der Waals surface area contributed by atoms with E-state index in [9.17, 15) is 18.0 Å². The predicted octanol–water partition coefficient (Wildman–Crippen LogP) is 4.82. The summed E-state index contributed by atoms with van der Waals surface area (Å²) in [7, 11) is 1.45. The lowest BCUT2D eigenvalue weighted by molar-refractivity contribution is -0.274. The van der Waals surface area contributed by atoms with Gasteiger partial charge in [0.1, 0.15) is 11.5 Å². The first-order valence-corrected chi connectivity index (χ1v) is 7.63. The number of hydrogen-bond acceptors (Lipinski definition) is 3. The monoisotopic (exact) mass is 373 g/mol. The van der Waals surface area contributed by atoms with Gasteiger partial charge in [-0.15, -0.1) is 13.2 Å². The average molecular weight is 374 g/mol. The van der Waals surface area contributed by atoms with Crippen molar-refractivity contribution in [2.45, 2.75) is 19.2 Å². The van der Waals surface area contributed by atoms with Crippen molar-refractivity contribution in [1.82, 2.24) is 0 Å². The Morgan fingerprint density at radius 1 is 1.16 bits per heavy atom. The van der Waals surface area contributed by atoms with Crippen molar-refractivity contribution in [2.75, 3.05) is 12.4 Å². The average Bonchev–Trinajstić information content (AvgIpc) is 2.53. The van der Waals surface area contributed by atoms with E-state index in [0.29, 0.717) is 16.5 Å². The zero-order valence-electron chi connectivity index (χ0n) is 13.2. The smallest absolute Gasteiger partial charge is 0.495 e. The van der Waals surface area contributed by atoms with Gasteiger partial charge in [-0.25, -0.2) is 0 Å². The number of anilines is 1. The van der Waals surface area contributed by atoms with E-state index < -0.39 is 6.36 Å². The summed E-state index contributed by atoms with van der Waals surface area (Å²) in [5, 5.41) is 3.05. The summed E-state index contributed by atoms with van der Waals surface area (Å²) in [5.41, 5.74) is 0.674. The van der Waals surface area contributed by atoms with Crippen molar-refractivity contribution in [1.29, 1.82) is 0 Å². The zero-order chi connectivity index (χ0) is 18.4. The first-order chi connectivity index (χ1) is 11.8. The van der Waals surface area contributed by atoms with Gasteiger partial charge in [0.15, 0.2) is 0 Å². The molecule has 0 fully saturated rings. The Morgan fingerprint density at radius 3 is 2.56 bits per heavy atom. The molecule has 134 valence electrons. The molecule has 1 amide bonds. The quantitative estimate of drug-likeness (QED) is 0.789. The molecule has 0 aromatic heterocycles. The molecule has 2 aromatic rings. The maximum Gasteiger partial charge on any atom is 0.573 e. The molecule has 0 aliphatic rings. The van der Waals surface area contributed by atoms with E-state index in [-0.39, 0.29) is 30.1 Å². The number of amides is 1. The molecule has 4 nitrogen and oxygen atoms in total. The number of benzene rings is 2. The summed E-state index contributed by atoms with van der Waals surface area (Å²) in [4.78, 5) is 12.1. The molecule has 25 heavy (non-hydrogen) atoms. The van der Waals surface area contributed by atoms with Crippen LogP contribution in [0, 0.1) is 0 Å². The minimum atomic E-state index is -4.79. The van der Waals surface area contributed by atoms with Crippen molar-refractivity contribution in [3.05, 3.63) is 53.1 Å². The van der Waals surface area contributed by atoms with E-state index in [1.807, 2.05) is 0 Å². The summed E-state index contributed by atoms with van der Waals surface area (Å²) >= 11 is 5.88. The molecule has 0 aliphatic heterocycles. The van der Waals surface area contributed by atoms with Gasteiger partial charge in [-0.3, -0.25) is 4.79 Å². The van der Waals surface area contributed by atoms with Gasteiger partial charge in [-0.1, -0.05) is 29.8 Å². The Morgan fingerprint density at radius 2 is 1.88 bits per heavy atom. The topological polar surface area (TPSA) is 47.6 Å². The highest BCUT2D eigenvalue weighted by Gasteiger charge is 2.31. The molecule has 0 unspecified atom stereocenters. The lowest BCUT2D eigenvalue weighted by atomic mass is 10.1. The number of para-hydroxylation sites is 1. The van der Waals surface area contributed by atoms with Gasteiger partial charge in [0.2, 0.25) is 5.91 Å². The number of ether oxygens (including phenoxy) is 2. The van der Waals surface area contributed by atoms with Gasteiger partial charge >= 0.3 is 6.36 Å². The van der Waals surface area contributed by atoms with E-state index in [1.54, 1.807) is 18.2 Å². The standard InChI is InChI=1S/C17H15ClF3NO3/c1-24-15-8-7-12(18)10-13(15)22-16(23)9-6-11-4-2-3-5-14(11)25-17(19,20)21/h2-5,7-8,10H,6,9H2,1H3,(H,22,23). The van der Waals surface area contributed by atoms with Crippen LogP contribution in [0.4, 0.5) is 18.9 Å². The Balaban J connectivity index is 2.03. The lowest BCUT2D eigenvalue weighted by Gasteiger charge is -2.13. The maximum absolute atomic E-state index is 12.4. The Hall–Kier alpha value is -2.41. The van der Waals surface area contributed by atoms with E-state index in [1.165, 1.54) is 31.4 Å². The second kappa shape index (κ2) is 8.11. The third kappa shape index (κ3) is 5.86. The van der Waals surface area contributed by atoms with Gasteiger partial charge in [-0.2, -0.15) is 0 Å². The van der Waals surface area contributed by atoms with Crippen LogP contribution in [-0.4, -0.2) is 19.4 Å². The molecule has 0 saturated heterocycles. The van der Waals surface area contributed by atoms with Crippen LogP contribution in [0.3, 0.4) is 0 Å². The van der Waals surface area contributed by atoms with E-state index in [2.05, 4.69) is 10.1 Å². The van der Waals surface area contributed by atoms with Gasteiger partial charge in [0.25, 0.3) is 0 Å². The molecule has 0 bridgehead atoms. The number of aryl methyl sites for hydroxylation is 1. The fourth-order valence-electron chi connectivity index (χ4n) is 2.17. The van der Waals surface area contributed by atoms with Crippen molar-refractivity contribution in [3.8, 4) is 11.5 Å². The first kappa shape index (κ1) is 18.9. The van der Waals surface area contributed by atoms with E-state index in [0.717, 1.165) is 0 Å². The number of carbonyl (C=O) groups excluding carboxylic acids is 1. The second-order valence-electron chi connectivity index (χ2n) is 5.05. The summed E-state index contributed by atoms with van der Waals surface area (Å²) in [5.74, 6) is -0.274. The molecule has 0 spiro atoms. The predicted molar refractivity (Wildman–Crippen MR) is 88.1 cm³/mol. The Labute approximate surface area is 147 Å². The molecule has 1 N–H and O–H groups in total. The maximum atomic E-state index is 12.4. The number of methoxy groups -OCH3 is 1. The first-order valence-electron chi connectivity index (χ1n) is 7.25. The minimum absolute atomic E-state index is 0.0338. The summed E-state index contributed by atoms with van der Waals surface area (Å²) in [6.07, 6.45) is -4.73. The zero-order valence-corrected chi connectivity index (χ0v) is 13.9. The fourth-order valence-corrected chi connectivity index (χ4v) is 2.35. The molecule has 0 radical (unpaired) electrons. The lowest BCUT2D eigenvalue weighted by Crippen LogP contribution is -2.18. The summed E-state index contributed by atoms with van der Waals surface area (Å²) < 4.78 is 46.3. The highest BCUT2D eigenvalue weighted by Crippen LogP contribution is 2.29. The number of hydrogen-bond donors (Lipinski definition) is 1. The molecule has 0 atom stereocenters. The molecular formula is C17H15ClF3NO3. The molecule has 2 aromatic carbocycles. The van der Waals surface area contributed by atoms with E-state index >= 15 is 0 Å². The summed E-state index contributed by atoms with van der Waals surface area (Å²) in [6, 6.07) is 10.4. The summed E-state index contributed by atoms with van der Waals surface area (Å²) in [6.45, 7) is 0. The number of alkyl halides is 3. The minimum Gasteiger partial charge on any atom is -0.495 e. The van der Waals surface area contributed by atoms with Crippen LogP contribution in [0.25, 0.3) is 0 Å². The van der Waals surface area contributed by atoms with Crippen molar-refractivity contribution in [2.24, 2.45) is 0 Å². The molecular weight excluding hydrogens is 359 g/mol. The largest absolute Gasteiger partial charge is 0.573 e. The van der Waals surface area contributed by atoms with Crippen LogP contribution >= 0.6 is 11.6 Å². The number of carbonyl (C=O) groups is 1.